The van der Waals surface area contributed by atoms with E-state index in [2.05, 4.69) is 0 Å². The summed E-state index contributed by atoms with van der Waals surface area (Å²) in [6, 6.07) is 8.13. The summed E-state index contributed by atoms with van der Waals surface area (Å²) in [5.74, 6) is -0.492. The third-order valence-electron chi connectivity index (χ3n) is 4.71. The maximum absolute atomic E-state index is 14.1. The fourth-order valence-corrected chi connectivity index (χ4v) is 7.03. The monoisotopic (exact) mass is 424 g/mol. The molecule has 3 heterocycles. The molecule has 0 unspecified atom stereocenters. The van der Waals surface area contributed by atoms with Gasteiger partial charge >= 0.3 is 0 Å². The highest BCUT2D eigenvalue weighted by Crippen LogP contribution is 2.33. The van der Waals surface area contributed by atoms with E-state index in [9.17, 15) is 17.6 Å². The van der Waals surface area contributed by atoms with Crippen LogP contribution in [0.25, 0.3) is 10.1 Å². The van der Waals surface area contributed by atoms with Gasteiger partial charge in [0.15, 0.2) is 0 Å². The Bertz CT molecular complexity index is 1100. The molecule has 1 aliphatic rings. The van der Waals surface area contributed by atoms with Crippen LogP contribution in [0, 0.1) is 12.7 Å². The van der Waals surface area contributed by atoms with Crippen molar-refractivity contribution >= 4 is 48.7 Å². The lowest BCUT2D eigenvalue weighted by atomic mass is 10.1. The van der Waals surface area contributed by atoms with Crippen molar-refractivity contribution in [3.63, 3.8) is 0 Å². The van der Waals surface area contributed by atoms with Gasteiger partial charge in [0.05, 0.1) is 4.88 Å². The van der Waals surface area contributed by atoms with Crippen molar-refractivity contribution in [2.75, 3.05) is 26.2 Å². The first-order valence-electron chi connectivity index (χ1n) is 8.40. The molecule has 1 amide bonds. The van der Waals surface area contributed by atoms with Gasteiger partial charge in [0.1, 0.15) is 10.0 Å². The number of nitrogens with zero attached hydrogens (tertiary/aromatic N) is 2. The van der Waals surface area contributed by atoms with Crippen LogP contribution in [0.15, 0.2) is 39.9 Å². The number of rotatable bonds is 3. The van der Waals surface area contributed by atoms with E-state index in [0.717, 1.165) is 4.70 Å². The SMILES string of the molecule is Cc1c(C(=O)N2CCN(S(=O)(=O)c3cccs3)CC2)sc2cccc(F)c12. The average Bonchev–Trinajstić information content (AvgIpc) is 3.31. The third-order valence-corrected chi connectivity index (χ3v) is 9.23. The van der Waals surface area contributed by atoms with Crippen molar-refractivity contribution in [2.45, 2.75) is 11.1 Å². The van der Waals surface area contributed by atoms with Crippen LogP contribution in [0.4, 0.5) is 4.39 Å². The van der Waals surface area contributed by atoms with Gasteiger partial charge in [-0.1, -0.05) is 12.1 Å². The molecule has 1 aromatic carbocycles. The van der Waals surface area contributed by atoms with Crippen LogP contribution in [0.5, 0.6) is 0 Å². The number of carbonyl (C=O) groups is 1. The molecule has 4 rings (SSSR count). The lowest BCUT2D eigenvalue weighted by Gasteiger charge is -2.33. The molecule has 1 saturated heterocycles. The lowest BCUT2D eigenvalue weighted by molar-refractivity contribution is 0.0702. The Hall–Kier alpha value is -1.81. The highest BCUT2D eigenvalue weighted by atomic mass is 32.2. The topological polar surface area (TPSA) is 57.7 Å². The summed E-state index contributed by atoms with van der Waals surface area (Å²) in [5.41, 5.74) is 0.645. The molecule has 0 radical (unpaired) electrons. The zero-order valence-corrected chi connectivity index (χ0v) is 17.0. The van der Waals surface area contributed by atoms with E-state index in [1.54, 1.807) is 41.5 Å². The first-order valence-corrected chi connectivity index (χ1v) is 11.5. The Balaban J connectivity index is 1.53. The summed E-state index contributed by atoms with van der Waals surface area (Å²) in [5, 5.41) is 2.22. The molecule has 3 aromatic rings. The number of amides is 1. The second-order valence-corrected chi connectivity index (χ2v) is 10.5. The van der Waals surface area contributed by atoms with Gasteiger partial charge < -0.3 is 4.90 Å². The largest absolute Gasteiger partial charge is 0.335 e. The van der Waals surface area contributed by atoms with E-state index in [4.69, 9.17) is 0 Å². The highest BCUT2D eigenvalue weighted by Gasteiger charge is 2.32. The molecule has 9 heteroatoms. The van der Waals surface area contributed by atoms with Crippen LogP contribution < -0.4 is 0 Å². The zero-order valence-electron chi connectivity index (χ0n) is 14.5. The maximum Gasteiger partial charge on any atom is 0.264 e. The quantitative estimate of drug-likeness (QED) is 0.646. The standard InChI is InChI=1S/C18H17FN2O3S3/c1-12-16-13(19)4-2-5-14(16)26-17(12)18(22)20-7-9-21(10-8-20)27(23,24)15-6-3-11-25-15/h2-6,11H,7-10H2,1H3. The Morgan fingerprint density at radius 2 is 1.85 bits per heavy atom. The number of fused-ring (bicyclic) bond motifs is 1. The number of benzene rings is 1. The van der Waals surface area contributed by atoms with Gasteiger partial charge in [0.2, 0.25) is 0 Å². The maximum atomic E-state index is 14.1. The van der Waals surface area contributed by atoms with Gasteiger partial charge in [-0.3, -0.25) is 4.79 Å². The Morgan fingerprint density at radius 3 is 2.48 bits per heavy atom. The van der Waals surface area contributed by atoms with Gasteiger partial charge in [-0.15, -0.1) is 22.7 Å². The van der Waals surface area contributed by atoms with Crippen LogP contribution in [0.1, 0.15) is 15.2 Å². The van der Waals surface area contributed by atoms with E-state index < -0.39 is 10.0 Å². The van der Waals surface area contributed by atoms with Crippen molar-refractivity contribution in [3.05, 3.63) is 52.0 Å². The summed E-state index contributed by atoms with van der Waals surface area (Å²) >= 11 is 2.47. The lowest BCUT2D eigenvalue weighted by Crippen LogP contribution is -2.50. The fraction of sp³-hybridized carbons (Fsp3) is 0.278. The average molecular weight is 425 g/mol. The molecule has 0 atom stereocenters. The molecule has 142 valence electrons. The molecule has 0 bridgehead atoms. The van der Waals surface area contributed by atoms with Crippen LogP contribution in [-0.4, -0.2) is 49.7 Å². The molecule has 0 spiro atoms. The van der Waals surface area contributed by atoms with Crippen molar-refractivity contribution in [2.24, 2.45) is 0 Å². The first kappa shape index (κ1) is 18.5. The number of hydrogen-bond donors (Lipinski definition) is 0. The van der Waals surface area contributed by atoms with Gasteiger partial charge in [-0.05, 0) is 36.1 Å². The van der Waals surface area contributed by atoms with Crippen molar-refractivity contribution < 1.29 is 17.6 Å². The van der Waals surface area contributed by atoms with E-state index in [1.807, 2.05) is 0 Å². The molecule has 1 fully saturated rings. The Labute approximate surface area is 164 Å². The summed E-state index contributed by atoms with van der Waals surface area (Å²) in [7, 11) is -3.50. The fourth-order valence-electron chi connectivity index (χ4n) is 3.27. The summed E-state index contributed by atoms with van der Waals surface area (Å²) in [6.07, 6.45) is 0. The zero-order chi connectivity index (χ0) is 19.2. The molecular formula is C18H17FN2O3S3. The van der Waals surface area contributed by atoms with Crippen LogP contribution in [-0.2, 0) is 10.0 Å². The molecule has 0 N–H and O–H groups in total. The van der Waals surface area contributed by atoms with Crippen molar-refractivity contribution in [1.82, 2.24) is 9.21 Å². The molecule has 27 heavy (non-hydrogen) atoms. The van der Waals surface area contributed by atoms with Gasteiger partial charge in [-0.2, -0.15) is 4.31 Å². The second kappa shape index (κ2) is 6.97. The highest BCUT2D eigenvalue weighted by molar-refractivity contribution is 7.91. The molecule has 1 aliphatic heterocycles. The van der Waals surface area contributed by atoms with E-state index in [1.165, 1.54) is 33.0 Å². The Kier molecular flexibility index (Phi) is 4.79. The second-order valence-electron chi connectivity index (χ2n) is 6.30. The van der Waals surface area contributed by atoms with Gasteiger partial charge in [-0.25, -0.2) is 12.8 Å². The number of aryl methyl sites for hydroxylation is 1. The number of carbonyl (C=O) groups excluding carboxylic acids is 1. The number of thiophene rings is 2. The minimum Gasteiger partial charge on any atom is -0.335 e. The first-order chi connectivity index (χ1) is 12.9. The number of piperazine rings is 1. The molecular weight excluding hydrogens is 407 g/mol. The van der Waals surface area contributed by atoms with Gasteiger partial charge in [0, 0.05) is 36.3 Å². The van der Waals surface area contributed by atoms with Gasteiger partial charge in [0.25, 0.3) is 15.9 Å². The van der Waals surface area contributed by atoms with Crippen LogP contribution in [0.2, 0.25) is 0 Å². The smallest absolute Gasteiger partial charge is 0.264 e. The summed E-state index contributed by atoms with van der Waals surface area (Å²) < 4.78 is 41.8. The van der Waals surface area contributed by atoms with E-state index in [-0.39, 0.29) is 24.8 Å². The van der Waals surface area contributed by atoms with E-state index in [0.29, 0.717) is 33.1 Å². The molecule has 5 nitrogen and oxygen atoms in total. The molecule has 2 aromatic heterocycles. The number of halogens is 1. The van der Waals surface area contributed by atoms with Crippen LogP contribution in [0.3, 0.4) is 0 Å². The Morgan fingerprint density at radius 1 is 1.11 bits per heavy atom. The van der Waals surface area contributed by atoms with Crippen molar-refractivity contribution in [3.8, 4) is 0 Å². The number of hydrogen-bond acceptors (Lipinski definition) is 5. The molecule has 0 saturated carbocycles. The number of sulfonamides is 1. The van der Waals surface area contributed by atoms with Crippen molar-refractivity contribution in [1.29, 1.82) is 0 Å². The molecule has 0 aliphatic carbocycles. The predicted molar refractivity (Wildman–Crippen MR) is 106 cm³/mol. The summed E-state index contributed by atoms with van der Waals surface area (Å²) in [6.45, 7) is 2.90. The summed E-state index contributed by atoms with van der Waals surface area (Å²) in [4.78, 5) is 15.1. The third kappa shape index (κ3) is 3.18. The predicted octanol–water partition coefficient (Wildman–Crippen LogP) is 3.56. The minimum absolute atomic E-state index is 0.165. The minimum atomic E-state index is -3.50. The normalized spacial score (nSPS) is 16.1. The van der Waals surface area contributed by atoms with Crippen LogP contribution >= 0.6 is 22.7 Å². The van der Waals surface area contributed by atoms with E-state index >= 15 is 0 Å².